The maximum Gasteiger partial charge on any atom is 0.485 e. The van der Waals surface area contributed by atoms with E-state index in [4.69, 9.17) is 5.02 Å². The molecule has 0 aromatic carbocycles. The molecule has 1 N–H and O–H groups in total. The van der Waals surface area contributed by atoms with Gasteiger partial charge in [-0.1, -0.05) is 0 Å². The molecule has 0 fully saturated rings. The van der Waals surface area contributed by atoms with Crippen molar-refractivity contribution in [3.8, 4) is 0 Å². The minimum atomic E-state index is -0.334. The fraction of sp³-hybridized carbons (Fsp3) is 1.00. The fourth-order valence-electron chi connectivity index (χ4n) is 0.656. The molecule has 0 aliphatic rings. The van der Waals surface area contributed by atoms with Gasteiger partial charge in [0.05, 0.1) is 0 Å². The Kier molecular flexibility index (Phi) is 7.07. The predicted octanol–water partition coefficient (Wildman–Crippen LogP) is -0.0235. The molecule has 63 valence electrons. The lowest BCUT2D eigenvalue weighted by molar-refractivity contribution is -0.480. The minimum absolute atomic E-state index is 0.0167. The molecule has 0 aromatic heterocycles. The summed E-state index contributed by atoms with van der Waals surface area (Å²) in [6.45, 7) is 0.442. The van der Waals surface area contributed by atoms with Crippen molar-refractivity contribution in [3.63, 3.8) is 0 Å². The predicted molar refractivity (Wildman–Crippen MR) is 39.6 cm³/mol. The second kappa shape index (κ2) is 7.49. The van der Waals surface area contributed by atoms with Crippen LogP contribution in [0.15, 0.2) is 0 Å². The van der Waals surface area contributed by atoms with Crippen LogP contribution in [0.5, 0.6) is 0 Å². The number of unbranched alkanes of at least 4 members (excludes halogenated alkanes) is 2. The van der Waals surface area contributed by atoms with Gasteiger partial charge in [-0.25, -0.2) is 0 Å². The average molecular weight is 160 g/mol. The first-order chi connectivity index (χ1) is 5.27. The molecule has 0 unspecified atom stereocenters. The molecule has 0 aliphatic heterocycles. The lowest BCUT2D eigenvalue weighted by Crippen LogP contribution is -2.02. The molecule has 0 heterocycles. The van der Waals surface area contributed by atoms with E-state index in [1.54, 1.807) is 0 Å². The zero-order valence-electron chi connectivity index (χ0n) is 6.23. The zero-order valence-corrected chi connectivity index (χ0v) is 6.23. The van der Waals surface area contributed by atoms with Crippen LogP contribution in [0.4, 0.5) is 0 Å². The van der Waals surface area contributed by atoms with Gasteiger partial charge in [0.2, 0.25) is 6.54 Å². The third-order valence-electron chi connectivity index (χ3n) is 1.18. The normalized spacial score (nSPS) is 9.55. The van der Waals surface area contributed by atoms with Crippen LogP contribution >= 0.6 is 0 Å². The minimum Gasteiger partial charge on any atom is -0.429 e. The first-order valence-electron chi connectivity index (χ1n) is 3.46. The van der Waals surface area contributed by atoms with E-state index in [0.29, 0.717) is 20.7 Å². The molecule has 0 atom stereocenters. The Morgan fingerprint density at radius 1 is 1.45 bits per heavy atom. The number of nitro groups is 1. The monoisotopic (exact) mass is 160 g/mol. The highest BCUT2D eigenvalue weighted by atomic mass is 16.6. The maximum absolute atomic E-state index is 9.82. The molecule has 0 spiro atoms. The molecule has 0 aliphatic carbocycles. The number of nitrogens with zero attached hydrogens (tertiary/aromatic N) is 1. The lowest BCUT2D eigenvalue weighted by Gasteiger charge is -1.96. The Morgan fingerprint density at radius 2 is 2.18 bits per heavy atom. The standard InChI is InChI=1S/C5H11BNO4/c8-6-11-5-3-1-2-4-7(9)10/h8H,1-5H2. The Balaban J connectivity index is 2.85. The summed E-state index contributed by atoms with van der Waals surface area (Å²) in [5.41, 5.74) is 0. The van der Waals surface area contributed by atoms with E-state index in [0.717, 1.165) is 12.8 Å². The molecule has 6 heteroatoms. The average Bonchev–Trinajstić information content (AvgIpc) is 1.96. The molecular formula is C5H11BNO4. The molecule has 0 bridgehead atoms. The highest BCUT2D eigenvalue weighted by Gasteiger charge is 1.96. The quantitative estimate of drug-likeness (QED) is 0.245. The van der Waals surface area contributed by atoms with Gasteiger partial charge in [-0.15, -0.1) is 0 Å². The van der Waals surface area contributed by atoms with Gasteiger partial charge in [-0.2, -0.15) is 0 Å². The molecule has 0 saturated carbocycles. The lowest BCUT2D eigenvalue weighted by atomic mass is 10.2. The Labute approximate surface area is 65.8 Å². The Morgan fingerprint density at radius 3 is 2.73 bits per heavy atom. The third-order valence-corrected chi connectivity index (χ3v) is 1.18. The smallest absolute Gasteiger partial charge is 0.429 e. The van der Waals surface area contributed by atoms with Crippen molar-refractivity contribution >= 4 is 7.69 Å². The summed E-state index contributed by atoms with van der Waals surface area (Å²) in [5.74, 6) is 0. The first kappa shape index (κ1) is 10.4. The molecule has 0 aromatic rings. The molecular weight excluding hydrogens is 149 g/mol. The van der Waals surface area contributed by atoms with Crippen molar-refractivity contribution < 1.29 is 14.6 Å². The van der Waals surface area contributed by atoms with Crippen molar-refractivity contribution in [1.82, 2.24) is 0 Å². The van der Waals surface area contributed by atoms with Gasteiger partial charge in [0, 0.05) is 18.0 Å². The van der Waals surface area contributed by atoms with Crippen LogP contribution < -0.4 is 0 Å². The van der Waals surface area contributed by atoms with Crippen molar-refractivity contribution in [3.05, 3.63) is 10.1 Å². The van der Waals surface area contributed by atoms with Gasteiger partial charge in [-0.05, 0) is 12.8 Å². The van der Waals surface area contributed by atoms with Gasteiger partial charge >= 0.3 is 7.69 Å². The van der Waals surface area contributed by atoms with E-state index in [-0.39, 0.29) is 11.5 Å². The molecule has 0 rings (SSSR count). The summed E-state index contributed by atoms with van der Waals surface area (Å²) < 4.78 is 4.50. The van der Waals surface area contributed by atoms with Crippen LogP contribution in [0.2, 0.25) is 0 Å². The second-order valence-electron chi connectivity index (χ2n) is 2.09. The van der Waals surface area contributed by atoms with E-state index in [1.165, 1.54) is 0 Å². The SMILES string of the molecule is O=[N+]([O-])CCCCCO[B]O. The molecule has 1 radical (unpaired) electrons. The van der Waals surface area contributed by atoms with E-state index < -0.39 is 0 Å². The summed E-state index contributed by atoms with van der Waals surface area (Å²) in [6, 6.07) is 0. The molecule has 0 amide bonds. The van der Waals surface area contributed by atoms with Crippen LogP contribution in [-0.4, -0.2) is 30.8 Å². The topological polar surface area (TPSA) is 72.6 Å². The Bertz CT molecular complexity index is 111. The van der Waals surface area contributed by atoms with E-state index in [2.05, 4.69) is 4.65 Å². The first-order valence-corrected chi connectivity index (χ1v) is 3.46. The van der Waals surface area contributed by atoms with Crippen LogP contribution in [0.1, 0.15) is 19.3 Å². The highest BCUT2D eigenvalue weighted by Crippen LogP contribution is 1.94. The number of rotatable bonds is 7. The second-order valence-corrected chi connectivity index (χ2v) is 2.09. The van der Waals surface area contributed by atoms with Crippen molar-refractivity contribution in [1.29, 1.82) is 0 Å². The maximum atomic E-state index is 9.82. The highest BCUT2D eigenvalue weighted by molar-refractivity contribution is 6.15. The Hall–Kier alpha value is -0.615. The van der Waals surface area contributed by atoms with E-state index >= 15 is 0 Å². The number of hydrogen-bond donors (Lipinski definition) is 1. The van der Waals surface area contributed by atoms with Gasteiger partial charge in [0.15, 0.2) is 0 Å². The zero-order chi connectivity index (χ0) is 8.53. The fourth-order valence-corrected chi connectivity index (χ4v) is 0.656. The molecule has 5 nitrogen and oxygen atoms in total. The van der Waals surface area contributed by atoms with Crippen LogP contribution in [-0.2, 0) is 4.65 Å². The van der Waals surface area contributed by atoms with Crippen molar-refractivity contribution in [2.45, 2.75) is 19.3 Å². The summed E-state index contributed by atoms with van der Waals surface area (Å²) in [4.78, 5) is 9.48. The van der Waals surface area contributed by atoms with Gasteiger partial charge < -0.3 is 9.68 Å². The van der Waals surface area contributed by atoms with Gasteiger partial charge in [0.1, 0.15) is 0 Å². The van der Waals surface area contributed by atoms with Crippen LogP contribution in [0, 0.1) is 10.1 Å². The van der Waals surface area contributed by atoms with Gasteiger partial charge in [0.25, 0.3) is 0 Å². The molecule has 0 saturated heterocycles. The summed E-state index contributed by atoms with van der Waals surface area (Å²) in [6.07, 6.45) is 2.07. The largest absolute Gasteiger partial charge is 0.485 e. The number of hydrogen-bond acceptors (Lipinski definition) is 4. The van der Waals surface area contributed by atoms with Crippen LogP contribution in [0.25, 0.3) is 0 Å². The van der Waals surface area contributed by atoms with E-state index in [9.17, 15) is 10.1 Å². The van der Waals surface area contributed by atoms with Crippen molar-refractivity contribution in [2.24, 2.45) is 0 Å². The summed E-state index contributed by atoms with van der Waals surface area (Å²) in [5, 5.41) is 17.9. The van der Waals surface area contributed by atoms with Gasteiger partial charge in [-0.3, -0.25) is 10.1 Å². The van der Waals surface area contributed by atoms with Crippen LogP contribution in [0.3, 0.4) is 0 Å². The third kappa shape index (κ3) is 9.38. The molecule has 11 heavy (non-hydrogen) atoms. The summed E-state index contributed by atoms with van der Waals surface area (Å²) in [7, 11) is 0.632. The van der Waals surface area contributed by atoms with E-state index in [1.807, 2.05) is 0 Å². The summed E-state index contributed by atoms with van der Waals surface area (Å²) >= 11 is 0. The van der Waals surface area contributed by atoms with Crippen molar-refractivity contribution in [2.75, 3.05) is 13.2 Å².